The number of hydrogen-bond donors (Lipinski definition) is 1. The fourth-order valence-electron chi connectivity index (χ4n) is 2.77. The van der Waals surface area contributed by atoms with Crippen molar-refractivity contribution in [1.82, 2.24) is 14.7 Å². The summed E-state index contributed by atoms with van der Waals surface area (Å²) in [5, 5.41) is 13.5. The van der Waals surface area contributed by atoms with Gasteiger partial charge in [-0.2, -0.15) is 5.10 Å². The zero-order valence-corrected chi connectivity index (χ0v) is 11.3. The van der Waals surface area contributed by atoms with Gasteiger partial charge in [-0.15, -0.1) is 0 Å². The first kappa shape index (κ1) is 13.1. The number of rotatable bonds is 4. The molecule has 0 bridgehead atoms. The molecule has 0 saturated carbocycles. The highest BCUT2D eigenvalue weighted by atomic mass is 16.4. The lowest BCUT2D eigenvalue weighted by Gasteiger charge is -2.14. The fraction of sp³-hybridized carbons (Fsp3) is 0.692. The van der Waals surface area contributed by atoms with E-state index < -0.39 is 5.97 Å². The molecule has 100 valence electrons. The van der Waals surface area contributed by atoms with E-state index in [1.165, 1.54) is 5.56 Å². The molecule has 1 saturated heterocycles. The number of hydrogen-bond acceptors (Lipinski definition) is 3. The number of carboxylic acids is 1. The number of likely N-dealkylation sites (tertiary alicyclic amines) is 1. The van der Waals surface area contributed by atoms with Crippen molar-refractivity contribution in [3.8, 4) is 0 Å². The van der Waals surface area contributed by atoms with E-state index in [4.69, 9.17) is 5.11 Å². The maximum absolute atomic E-state index is 11.1. The topological polar surface area (TPSA) is 58.4 Å². The van der Waals surface area contributed by atoms with Crippen LogP contribution in [0.3, 0.4) is 0 Å². The Balaban J connectivity index is 2.04. The highest BCUT2D eigenvalue weighted by Gasteiger charge is 2.34. The SMILES string of the molecule is CCc1nn(C)cc1CN1C[C@@H](C)[C@H](C(=O)O)C1. The van der Waals surface area contributed by atoms with E-state index in [2.05, 4.69) is 16.9 Å². The van der Waals surface area contributed by atoms with Crippen molar-refractivity contribution < 1.29 is 9.90 Å². The van der Waals surface area contributed by atoms with Gasteiger partial charge >= 0.3 is 5.97 Å². The molecule has 1 fully saturated rings. The van der Waals surface area contributed by atoms with Crippen molar-refractivity contribution in [3.63, 3.8) is 0 Å². The van der Waals surface area contributed by atoms with Crippen molar-refractivity contribution in [2.75, 3.05) is 13.1 Å². The summed E-state index contributed by atoms with van der Waals surface area (Å²) in [7, 11) is 1.93. The Hall–Kier alpha value is -1.36. The van der Waals surface area contributed by atoms with Crippen LogP contribution >= 0.6 is 0 Å². The number of carboxylic acid groups (broad SMARTS) is 1. The summed E-state index contributed by atoms with van der Waals surface area (Å²) in [5.74, 6) is -0.678. The van der Waals surface area contributed by atoms with Gasteiger partial charge in [0.05, 0.1) is 11.6 Å². The van der Waals surface area contributed by atoms with E-state index in [0.29, 0.717) is 6.54 Å². The summed E-state index contributed by atoms with van der Waals surface area (Å²) < 4.78 is 1.84. The molecule has 5 heteroatoms. The molecule has 18 heavy (non-hydrogen) atoms. The highest BCUT2D eigenvalue weighted by molar-refractivity contribution is 5.71. The van der Waals surface area contributed by atoms with Crippen molar-refractivity contribution >= 4 is 5.97 Å². The second-order valence-corrected chi connectivity index (χ2v) is 5.24. The van der Waals surface area contributed by atoms with Crippen LogP contribution in [0.5, 0.6) is 0 Å². The van der Waals surface area contributed by atoms with Crippen LogP contribution in [0.15, 0.2) is 6.20 Å². The van der Waals surface area contributed by atoms with Gasteiger partial charge in [-0.1, -0.05) is 13.8 Å². The first-order valence-corrected chi connectivity index (χ1v) is 6.47. The summed E-state index contributed by atoms with van der Waals surface area (Å²) in [4.78, 5) is 13.3. The molecule has 0 radical (unpaired) electrons. The Morgan fingerprint density at radius 1 is 1.56 bits per heavy atom. The van der Waals surface area contributed by atoms with Crippen LogP contribution in [0, 0.1) is 11.8 Å². The minimum absolute atomic E-state index is 0.226. The van der Waals surface area contributed by atoms with Crippen LogP contribution in [0.1, 0.15) is 25.1 Å². The second-order valence-electron chi connectivity index (χ2n) is 5.24. The lowest BCUT2D eigenvalue weighted by atomic mass is 9.99. The van der Waals surface area contributed by atoms with Crippen LogP contribution in [0.4, 0.5) is 0 Å². The molecule has 1 N–H and O–H groups in total. The largest absolute Gasteiger partial charge is 0.481 e. The predicted molar refractivity (Wildman–Crippen MR) is 68.2 cm³/mol. The molecule has 0 aliphatic carbocycles. The standard InChI is InChI=1S/C13H21N3O2/c1-4-12-10(6-15(3)14-12)7-16-5-9(2)11(8-16)13(17)18/h6,9,11H,4-5,7-8H2,1-3H3,(H,17,18)/t9-,11-/m1/s1. The van der Waals surface area contributed by atoms with Crippen LogP contribution in [0.2, 0.25) is 0 Å². The van der Waals surface area contributed by atoms with Gasteiger partial charge < -0.3 is 5.11 Å². The summed E-state index contributed by atoms with van der Waals surface area (Å²) in [5.41, 5.74) is 2.34. The third-order valence-corrected chi connectivity index (χ3v) is 3.73. The molecular weight excluding hydrogens is 230 g/mol. The van der Waals surface area contributed by atoms with Gasteiger partial charge in [-0.25, -0.2) is 0 Å². The molecule has 1 aliphatic heterocycles. The van der Waals surface area contributed by atoms with Gasteiger partial charge in [0.25, 0.3) is 0 Å². The Morgan fingerprint density at radius 2 is 2.28 bits per heavy atom. The van der Waals surface area contributed by atoms with E-state index in [0.717, 1.165) is 25.2 Å². The van der Waals surface area contributed by atoms with Crippen LogP contribution in [-0.2, 0) is 24.8 Å². The van der Waals surface area contributed by atoms with Crippen molar-refractivity contribution in [2.45, 2.75) is 26.8 Å². The van der Waals surface area contributed by atoms with Gasteiger partial charge in [-0.05, 0) is 12.3 Å². The van der Waals surface area contributed by atoms with Gasteiger partial charge in [0.15, 0.2) is 0 Å². The van der Waals surface area contributed by atoms with E-state index >= 15 is 0 Å². The summed E-state index contributed by atoms with van der Waals surface area (Å²) in [6.07, 6.45) is 2.96. The number of carbonyl (C=O) groups is 1. The van der Waals surface area contributed by atoms with E-state index in [9.17, 15) is 4.79 Å². The molecule has 2 heterocycles. The smallest absolute Gasteiger partial charge is 0.308 e. The molecule has 0 amide bonds. The van der Waals surface area contributed by atoms with Gasteiger partial charge in [0.2, 0.25) is 0 Å². The zero-order valence-electron chi connectivity index (χ0n) is 11.3. The molecular formula is C13H21N3O2. The lowest BCUT2D eigenvalue weighted by Crippen LogP contribution is -2.23. The van der Waals surface area contributed by atoms with Crippen LogP contribution < -0.4 is 0 Å². The Morgan fingerprint density at radius 3 is 2.83 bits per heavy atom. The summed E-state index contributed by atoms with van der Waals surface area (Å²) in [6, 6.07) is 0. The molecule has 1 aliphatic rings. The number of nitrogens with zero attached hydrogens (tertiary/aromatic N) is 3. The quantitative estimate of drug-likeness (QED) is 0.871. The highest BCUT2D eigenvalue weighted by Crippen LogP contribution is 2.25. The normalized spacial score (nSPS) is 24.6. The monoisotopic (exact) mass is 251 g/mol. The van der Waals surface area contributed by atoms with E-state index in [1.54, 1.807) is 0 Å². The zero-order chi connectivity index (χ0) is 13.3. The molecule has 0 aromatic carbocycles. The first-order valence-electron chi connectivity index (χ1n) is 6.47. The van der Waals surface area contributed by atoms with E-state index in [1.807, 2.05) is 24.9 Å². The Bertz CT molecular complexity index is 441. The van der Waals surface area contributed by atoms with Gasteiger partial charge in [0.1, 0.15) is 0 Å². The van der Waals surface area contributed by atoms with Crippen LogP contribution in [-0.4, -0.2) is 38.8 Å². The average Bonchev–Trinajstić information content (AvgIpc) is 2.82. The maximum Gasteiger partial charge on any atom is 0.308 e. The average molecular weight is 251 g/mol. The van der Waals surface area contributed by atoms with Crippen LogP contribution in [0.25, 0.3) is 0 Å². The molecule has 0 spiro atoms. The lowest BCUT2D eigenvalue weighted by molar-refractivity contribution is -0.142. The minimum atomic E-state index is -0.674. The Labute approximate surface area is 107 Å². The predicted octanol–water partition coefficient (Wildman–Crippen LogP) is 1.14. The molecule has 2 atom stereocenters. The molecule has 1 aromatic heterocycles. The van der Waals surface area contributed by atoms with Gasteiger partial charge in [-0.3, -0.25) is 14.4 Å². The number of aryl methyl sites for hydroxylation is 2. The van der Waals surface area contributed by atoms with Crippen molar-refractivity contribution in [1.29, 1.82) is 0 Å². The van der Waals surface area contributed by atoms with E-state index in [-0.39, 0.29) is 11.8 Å². The number of aliphatic carboxylic acids is 1. The maximum atomic E-state index is 11.1. The number of aromatic nitrogens is 2. The van der Waals surface area contributed by atoms with Crippen molar-refractivity contribution in [3.05, 3.63) is 17.5 Å². The summed E-state index contributed by atoms with van der Waals surface area (Å²) in [6.45, 7) is 6.43. The molecule has 1 aromatic rings. The Kier molecular flexibility index (Phi) is 3.71. The summed E-state index contributed by atoms with van der Waals surface area (Å²) >= 11 is 0. The molecule has 5 nitrogen and oxygen atoms in total. The minimum Gasteiger partial charge on any atom is -0.481 e. The third kappa shape index (κ3) is 2.56. The van der Waals surface area contributed by atoms with Crippen molar-refractivity contribution in [2.24, 2.45) is 18.9 Å². The first-order chi connectivity index (χ1) is 8.51. The molecule has 0 unspecified atom stereocenters. The molecule has 2 rings (SSSR count). The third-order valence-electron chi connectivity index (χ3n) is 3.73. The second kappa shape index (κ2) is 5.10. The van der Waals surface area contributed by atoms with Gasteiger partial charge in [0, 0.05) is 38.4 Å². The fourth-order valence-corrected chi connectivity index (χ4v) is 2.77.